The molecule has 0 atom stereocenters. The number of aryl methyl sites for hydroxylation is 4. The molecule has 2 aromatic carbocycles. The van der Waals surface area contributed by atoms with Crippen LogP contribution in [0.2, 0.25) is 0 Å². The van der Waals surface area contributed by atoms with Gasteiger partial charge in [-0.2, -0.15) is 0 Å². The number of hydrogen-bond acceptors (Lipinski definition) is 3. The third-order valence-electron chi connectivity index (χ3n) is 4.85. The zero-order chi connectivity index (χ0) is 18.5. The van der Waals surface area contributed by atoms with Crippen LogP contribution in [-0.4, -0.2) is 22.7 Å². The van der Waals surface area contributed by atoms with Gasteiger partial charge in [0.1, 0.15) is 11.6 Å². The van der Waals surface area contributed by atoms with Crippen LogP contribution in [0.25, 0.3) is 11.0 Å². The van der Waals surface area contributed by atoms with E-state index in [1.54, 1.807) is 0 Å². The van der Waals surface area contributed by atoms with Crippen molar-refractivity contribution in [1.29, 1.82) is 0 Å². The number of imidazole rings is 1. The van der Waals surface area contributed by atoms with Crippen LogP contribution in [0, 0.1) is 20.8 Å². The van der Waals surface area contributed by atoms with Gasteiger partial charge in [-0.25, -0.2) is 4.98 Å². The van der Waals surface area contributed by atoms with Gasteiger partial charge in [-0.05, 0) is 81.1 Å². The molecule has 4 heteroatoms. The zero-order valence-electron chi connectivity index (χ0n) is 16.1. The summed E-state index contributed by atoms with van der Waals surface area (Å²) in [6.45, 7) is 8.69. The molecule has 138 valence electrons. The number of rotatable bonds is 8. The summed E-state index contributed by atoms with van der Waals surface area (Å²) in [5, 5.41) is 0. The molecule has 0 bridgehead atoms. The lowest BCUT2D eigenvalue weighted by Gasteiger charge is -2.10. The number of benzene rings is 2. The minimum Gasteiger partial charge on any atom is -0.494 e. The van der Waals surface area contributed by atoms with Crippen LogP contribution in [0.5, 0.6) is 5.75 Å². The SMILES string of the molecule is Cc1cccc(OCCCCn2c(CCN)nc3cc(C)c(C)cc32)c1. The molecule has 0 aliphatic heterocycles. The summed E-state index contributed by atoms with van der Waals surface area (Å²) in [7, 11) is 0. The van der Waals surface area contributed by atoms with E-state index in [1.807, 2.05) is 12.1 Å². The Kier molecular flexibility index (Phi) is 5.94. The summed E-state index contributed by atoms with van der Waals surface area (Å²) >= 11 is 0. The highest BCUT2D eigenvalue weighted by Gasteiger charge is 2.11. The number of hydrogen-bond donors (Lipinski definition) is 1. The Morgan fingerprint density at radius 3 is 2.62 bits per heavy atom. The first-order valence-electron chi connectivity index (χ1n) is 9.44. The van der Waals surface area contributed by atoms with Crippen LogP contribution >= 0.6 is 0 Å². The second-order valence-electron chi connectivity index (χ2n) is 7.02. The standard InChI is InChI=1S/C22H29N3O/c1-16-7-6-8-19(13-16)26-12-5-4-11-25-21-15-18(3)17(2)14-20(21)24-22(25)9-10-23/h6-8,13-15H,4-5,9-12,23H2,1-3H3. The molecule has 0 amide bonds. The molecular weight excluding hydrogens is 322 g/mol. The molecule has 0 unspecified atom stereocenters. The Morgan fingerprint density at radius 1 is 1.04 bits per heavy atom. The van der Waals surface area contributed by atoms with Crippen molar-refractivity contribution in [2.24, 2.45) is 5.73 Å². The second kappa shape index (κ2) is 8.37. The molecule has 1 heterocycles. The highest BCUT2D eigenvalue weighted by atomic mass is 16.5. The summed E-state index contributed by atoms with van der Waals surface area (Å²) < 4.78 is 8.20. The fourth-order valence-corrected chi connectivity index (χ4v) is 3.27. The first-order valence-corrected chi connectivity index (χ1v) is 9.44. The van der Waals surface area contributed by atoms with Gasteiger partial charge in [-0.15, -0.1) is 0 Å². The average Bonchev–Trinajstić information content (AvgIpc) is 2.92. The average molecular weight is 351 g/mol. The van der Waals surface area contributed by atoms with Crippen molar-refractivity contribution < 1.29 is 4.74 Å². The maximum atomic E-state index is 5.86. The molecule has 0 aliphatic rings. The molecule has 1 aromatic heterocycles. The maximum Gasteiger partial charge on any atom is 0.119 e. The van der Waals surface area contributed by atoms with E-state index in [1.165, 1.54) is 22.2 Å². The summed E-state index contributed by atoms with van der Waals surface area (Å²) in [6.07, 6.45) is 2.88. The predicted octanol–water partition coefficient (Wildman–Crippen LogP) is 4.32. The van der Waals surface area contributed by atoms with Gasteiger partial charge in [0.15, 0.2) is 0 Å². The first-order chi connectivity index (χ1) is 12.6. The molecule has 2 N–H and O–H groups in total. The molecule has 4 nitrogen and oxygen atoms in total. The minimum absolute atomic E-state index is 0.623. The van der Waals surface area contributed by atoms with Crippen molar-refractivity contribution in [2.45, 2.75) is 46.6 Å². The van der Waals surface area contributed by atoms with E-state index in [4.69, 9.17) is 15.5 Å². The molecule has 0 spiro atoms. The van der Waals surface area contributed by atoms with Crippen LogP contribution in [0.4, 0.5) is 0 Å². The molecular formula is C22H29N3O. The highest BCUT2D eigenvalue weighted by Crippen LogP contribution is 2.22. The topological polar surface area (TPSA) is 53.1 Å². The fraction of sp³-hybridized carbons (Fsp3) is 0.409. The maximum absolute atomic E-state index is 5.86. The molecule has 3 rings (SSSR count). The Hall–Kier alpha value is -2.33. The molecule has 3 aromatic rings. The van der Waals surface area contributed by atoms with E-state index in [0.29, 0.717) is 6.54 Å². The van der Waals surface area contributed by atoms with Crippen LogP contribution < -0.4 is 10.5 Å². The Balaban J connectivity index is 1.64. The number of unbranched alkanes of at least 4 members (excludes halogenated alkanes) is 1. The molecule has 0 aliphatic carbocycles. The van der Waals surface area contributed by atoms with E-state index in [9.17, 15) is 0 Å². The molecule has 26 heavy (non-hydrogen) atoms. The quantitative estimate of drug-likeness (QED) is 0.615. The summed E-state index contributed by atoms with van der Waals surface area (Å²) in [4.78, 5) is 4.81. The fourth-order valence-electron chi connectivity index (χ4n) is 3.27. The van der Waals surface area contributed by atoms with Crippen LogP contribution in [0.3, 0.4) is 0 Å². The van der Waals surface area contributed by atoms with E-state index >= 15 is 0 Å². The van der Waals surface area contributed by atoms with Crippen molar-refractivity contribution in [3.05, 3.63) is 58.9 Å². The van der Waals surface area contributed by atoms with Gasteiger partial charge in [0.05, 0.1) is 17.6 Å². The van der Waals surface area contributed by atoms with E-state index in [-0.39, 0.29) is 0 Å². The monoisotopic (exact) mass is 351 g/mol. The summed E-state index contributed by atoms with van der Waals surface area (Å²) in [5.41, 5.74) is 11.9. The molecule has 0 radical (unpaired) electrons. The predicted molar refractivity (Wildman–Crippen MR) is 108 cm³/mol. The lowest BCUT2D eigenvalue weighted by atomic mass is 10.1. The van der Waals surface area contributed by atoms with Crippen molar-refractivity contribution in [3.63, 3.8) is 0 Å². The summed E-state index contributed by atoms with van der Waals surface area (Å²) in [5.74, 6) is 2.04. The third kappa shape index (κ3) is 4.25. The van der Waals surface area contributed by atoms with Crippen molar-refractivity contribution in [3.8, 4) is 5.75 Å². The Morgan fingerprint density at radius 2 is 1.85 bits per heavy atom. The van der Waals surface area contributed by atoms with Gasteiger partial charge in [0, 0.05) is 13.0 Å². The third-order valence-corrected chi connectivity index (χ3v) is 4.85. The van der Waals surface area contributed by atoms with Gasteiger partial charge < -0.3 is 15.0 Å². The van der Waals surface area contributed by atoms with E-state index in [2.05, 4.69) is 49.6 Å². The largest absolute Gasteiger partial charge is 0.494 e. The number of ether oxygens (including phenoxy) is 1. The van der Waals surface area contributed by atoms with Crippen LogP contribution in [0.15, 0.2) is 36.4 Å². The highest BCUT2D eigenvalue weighted by molar-refractivity contribution is 5.78. The lowest BCUT2D eigenvalue weighted by molar-refractivity contribution is 0.303. The van der Waals surface area contributed by atoms with Gasteiger partial charge in [0.25, 0.3) is 0 Å². The van der Waals surface area contributed by atoms with E-state index < -0.39 is 0 Å². The lowest BCUT2D eigenvalue weighted by Crippen LogP contribution is -2.11. The van der Waals surface area contributed by atoms with Gasteiger partial charge in [-0.1, -0.05) is 12.1 Å². The van der Waals surface area contributed by atoms with Gasteiger partial charge in [0.2, 0.25) is 0 Å². The normalized spacial score (nSPS) is 11.2. The Labute approximate surface area is 156 Å². The first kappa shape index (κ1) is 18.5. The summed E-state index contributed by atoms with van der Waals surface area (Å²) in [6, 6.07) is 12.6. The van der Waals surface area contributed by atoms with Gasteiger partial charge in [-0.3, -0.25) is 0 Å². The van der Waals surface area contributed by atoms with Crippen molar-refractivity contribution in [1.82, 2.24) is 9.55 Å². The number of nitrogens with two attached hydrogens (primary N) is 1. The number of fused-ring (bicyclic) bond motifs is 1. The van der Waals surface area contributed by atoms with E-state index in [0.717, 1.165) is 49.5 Å². The van der Waals surface area contributed by atoms with Crippen molar-refractivity contribution >= 4 is 11.0 Å². The Bertz CT molecular complexity index is 882. The second-order valence-corrected chi connectivity index (χ2v) is 7.02. The molecule has 0 saturated heterocycles. The molecule has 0 fully saturated rings. The zero-order valence-corrected chi connectivity index (χ0v) is 16.1. The van der Waals surface area contributed by atoms with Gasteiger partial charge >= 0.3 is 0 Å². The smallest absolute Gasteiger partial charge is 0.119 e. The number of nitrogens with zero attached hydrogens (tertiary/aromatic N) is 2. The number of aromatic nitrogens is 2. The minimum atomic E-state index is 0.623. The van der Waals surface area contributed by atoms with Crippen molar-refractivity contribution in [2.75, 3.05) is 13.2 Å². The molecule has 0 saturated carbocycles. The van der Waals surface area contributed by atoms with Crippen LogP contribution in [-0.2, 0) is 13.0 Å². The van der Waals surface area contributed by atoms with Crippen LogP contribution in [0.1, 0.15) is 35.4 Å².